The van der Waals surface area contributed by atoms with Crippen molar-refractivity contribution in [3.05, 3.63) is 0 Å². The van der Waals surface area contributed by atoms with Gasteiger partial charge in [0.1, 0.15) is 6.04 Å². The van der Waals surface area contributed by atoms with Crippen molar-refractivity contribution in [2.75, 3.05) is 20.3 Å². The van der Waals surface area contributed by atoms with Gasteiger partial charge in [0, 0.05) is 13.7 Å². The normalized spacial score (nSPS) is 21.1. The number of imide groups is 2. The van der Waals surface area contributed by atoms with Crippen LogP contribution >= 0.6 is 0 Å². The number of halogens is 1. The molecular weight excluding hydrogens is 261 g/mol. The van der Waals surface area contributed by atoms with Gasteiger partial charge in [-0.1, -0.05) is 0 Å². The second-order valence-corrected chi connectivity index (χ2v) is 3.82. The van der Waals surface area contributed by atoms with Crippen LogP contribution in [0.3, 0.4) is 0 Å². The fraction of sp³-hybridized carbons (Fsp3) is 0.600. The van der Waals surface area contributed by atoms with Crippen molar-refractivity contribution in [1.29, 1.82) is 0 Å². The monoisotopic (exact) mass is 275 g/mol. The van der Waals surface area contributed by atoms with E-state index in [2.05, 4.69) is 5.32 Å². The van der Waals surface area contributed by atoms with E-state index in [-0.39, 0.29) is 13.2 Å². The lowest BCUT2D eigenvalue weighted by atomic mass is 10.2. The molecule has 0 saturated carbocycles. The molecule has 19 heavy (non-hydrogen) atoms. The number of amides is 5. The maximum absolute atomic E-state index is 13.2. The molecule has 1 fully saturated rings. The molecule has 0 bridgehead atoms. The highest BCUT2D eigenvalue weighted by molar-refractivity contribution is 6.19. The van der Waals surface area contributed by atoms with Crippen LogP contribution in [0.15, 0.2) is 0 Å². The lowest BCUT2D eigenvalue weighted by molar-refractivity contribution is -0.148. The zero-order chi connectivity index (χ0) is 14.6. The molecule has 1 saturated heterocycles. The van der Waals surface area contributed by atoms with Crippen LogP contribution in [0.5, 0.6) is 0 Å². The number of hydrogen-bond donors (Lipinski definition) is 2. The van der Waals surface area contributed by atoms with Crippen LogP contribution in [0.1, 0.15) is 6.92 Å². The third-order valence-electron chi connectivity index (χ3n) is 2.51. The largest absolute Gasteiger partial charge is 0.383 e. The summed E-state index contributed by atoms with van der Waals surface area (Å²) in [6.45, 7) is 1.69. The van der Waals surface area contributed by atoms with E-state index in [4.69, 9.17) is 4.74 Å². The Morgan fingerprint density at radius 3 is 2.74 bits per heavy atom. The summed E-state index contributed by atoms with van der Waals surface area (Å²) in [4.78, 5) is 45.8. The van der Waals surface area contributed by atoms with Gasteiger partial charge in [0.25, 0.3) is 18.0 Å². The molecule has 0 aromatic heterocycles. The van der Waals surface area contributed by atoms with Gasteiger partial charge in [0.2, 0.25) is 5.91 Å². The Morgan fingerprint density at radius 1 is 1.53 bits per heavy atom. The Kier molecular flexibility index (Phi) is 4.93. The van der Waals surface area contributed by atoms with Gasteiger partial charge in [-0.3, -0.25) is 19.7 Å². The number of hydrogen-bond acceptors (Lipinski definition) is 5. The van der Waals surface area contributed by atoms with Crippen LogP contribution < -0.4 is 10.6 Å². The standard InChI is InChI=1S/C10H14FN3O5/c1-5(7(15)12-3-4-19-2)14-9(17)6(11)8(16)13-10(14)18/h5-6H,3-4H2,1-2H3,(H,12,15)(H,13,16,18). The smallest absolute Gasteiger partial charge is 0.331 e. The molecule has 2 atom stereocenters. The van der Waals surface area contributed by atoms with E-state index < -0.39 is 36.0 Å². The SMILES string of the molecule is COCCNC(=O)C(C)N1C(=O)NC(=O)C(F)C1=O. The van der Waals surface area contributed by atoms with Crippen molar-refractivity contribution >= 4 is 23.8 Å². The van der Waals surface area contributed by atoms with Gasteiger partial charge < -0.3 is 10.1 Å². The predicted octanol–water partition coefficient (Wildman–Crippen LogP) is -1.45. The van der Waals surface area contributed by atoms with Crippen molar-refractivity contribution in [2.45, 2.75) is 19.1 Å². The molecule has 0 radical (unpaired) electrons. The van der Waals surface area contributed by atoms with Crippen molar-refractivity contribution in [1.82, 2.24) is 15.5 Å². The zero-order valence-corrected chi connectivity index (χ0v) is 10.4. The number of nitrogens with zero attached hydrogens (tertiary/aromatic N) is 1. The number of barbiturate groups is 1. The average molecular weight is 275 g/mol. The molecule has 0 spiro atoms. The second kappa shape index (κ2) is 6.23. The summed E-state index contributed by atoms with van der Waals surface area (Å²) in [5.41, 5.74) is 0. The molecule has 1 aliphatic heterocycles. The topological polar surface area (TPSA) is 105 Å². The molecule has 2 unspecified atom stereocenters. The van der Waals surface area contributed by atoms with Gasteiger partial charge in [-0.15, -0.1) is 0 Å². The van der Waals surface area contributed by atoms with Crippen molar-refractivity contribution < 1.29 is 28.3 Å². The number of nitrogens with one attached hydrogen (secondary N) is 2. The molecule has 1 heterocycles. The molecule has 106 valence electrons. The van der Waals surface area contributed by atoms with Crippen LogP contribution in [0, 0.1) is 0 Å². The third kappa shape index (κ3) is 3.25. The highest BCUT2D eigenvalue weighted by atomic mass is 19.1. The first kappa shape index (κ1) is 15.0. The van der Waals surface area contributed by atoms with Crippen LogP contribution in [-0.4, -0.2) is 61.1 Å². The maximum Gasteiger partial charge on any atom is 0.331 e. The Hall–Kier alpha value is -2.03. The minimum atomic E-state index is -2.48. The van der Waals surface area contributed by atoms with Gasteiger partial charge >= 0.3 is 6.03 Å². The fourth-order valence-corrected chi connectivity index (χ4v) is 1.47. The van der Waals surface area contributed by atoms with E-state index in [1.54, 1.807) is 5.32 Å². The Labute approximate surface area is 108 Å². The second-order valence-electron chi connectivity index (χ2n) is 3.82. The highest BCUT2D eigenvalue weighted by Crippen LogP contribution is 2.11. The molecule has 2 N–H and O–H groups in total. The highest BCUT2D eigenvalue weighted by Gasteiger charge is 2.44. The van der Waals surface area contributed by atoms with E-state index in [1.165, 1.54) is 14.0 Å². The number of carbonyl (C=O) groups excluding carboxylic acids is 4. The van der Waals surface area contributed by atoms with Gasteiger partial charge in [0.15, 0.2) is 0 Å². The molecular formula is C10H14FN3O5. The molecule has 0 aliphatic carbocycles. The van der Waals surface area contributed by atoms with Crippen LogP contribution in [0.4, 0.5) is 9.18 Å². The van der Waals surface area contributed by atoms with E-state index in [0.29, 0.717) is 4.90 Å². The number of alkyl halides is 1. The van der Waals surface area contributed by atoms with Crippen molar-refractivity contribution in [2.24, 2.45) is 0 Å². The van der Waals surface area contributed by atoms with Crippen LogP contribution in [-0.2, 0) is 19.1 Å². The fourth-order valence-electron chi connectivity index (χ4n) is 1.47. The summed E-state index contributed by atoms with van der Waals surface area (Å²) in [5.74, 6) is -3.32. The van der Waals surface area contributed by atoms with E-state index in [1.807, 2.05) is 0 Å². The number of methoxy groups -OCH3 is 1. The lowest BCUT2D eigenvalue weighted by Crippen LogP contribution is -2.64. The third-order valence-corrected chi connectivity index (χ3v) is 2.51. The first-order chi connectivity index (χ1) is 8.90. The minimum Gasteiger partial charge on any atom is -0.383 e. The number of rotatable bonds is 5. The zero-order valence-electron chi connectivity index (χ0n) is 10.4. The predicted molar refractivity (Wildman–Crippen MR) is 59.6 cm³/mol. The van der Waals surface area contributed by atoms with Crippen LogP contribution in [0.25, 0.3) is 0 Å². The Morgan fingerprint density at radius 2 is 2.16 bits per heavy atom. The molecule has 0 aromatic rings. The first-order valence-electron chi connectivity index (χ1n) is 5.48. The van der Waals surface area contributed by atoms with E-state index in [9.17, 15) is 23.6 Å². The van der Waals surface area contributed by atoms with Crippen molar-refractivity contribution in [3.8, 4) is 0 Å². The summed E-state index contributed by atoms with van der Waals surface area (Å²) in [7, 11) is 1.44. The molecule has 5 amide bonds. The first-order valence-corrected chi connectivity index (χ1v) is 5.48. The van der Waals surface area contributed by atoms with E-state index >= 15 is 0 Å². The summed E-state index contributed by atoms with van der Waals surface area (Å²) in [6.07, 6.45) is -2.48. The Bertz CT molecular complexity index is 414. The number of ether oxygens (including phenoxy) is 1. The molecule has 1 aliphatic rings. The quantitative estimate of drug-likeness (QED) is 0.472. The van der Waals surface area contributed by atoms with E-state index in [0.717, 1.165) is 0 Å². The summed E-state index contributed by atoms with van der Waals surface area (Å²) in [6, 6.07) is -2.34. The summed E-state index contributed by atoms with van der Waals surface area (Å²) >= 11 is 0. The molecule has 8 nitrogen and oxygen atoms in total. The molecule has 9 heteroatoms. The number of urea groups is 1. The van der Waals surface area contributed by atoms with Gasteiger partial charge in [-0.25, -0.2) is 14.1 Å². The minimum absolute atomic E-state index is 0.182. The Balaban J connectivity index is 2.71. The van der Waals surface area contributed by atoms with Gasteiger partial charge in [-0.2, -0.15) is 0 Å². The number of carbonyl (C=O) groups is 4. The maximum atomic E-state index is 13.2. The van der Waals surface area contributed by atoms with Crippen LogP contribution in [0.2, 0.25) is 0 Å². The lowest BCUT2D eigenvalue weighted by Gasteiger charge is -2.30. The molecule has 0 aromatic carbocycles. The van der Waals surface area contributed by atoms with Gasteiger partial charge in [0.05, 0.1) is 6.61 Å². The van der Waals surface area contributed by atoms with Gasteiger partial charge in [-0.05, 0) is 6.92 Å². The average Bonchev–Trinajstić information content (AvgIpc) is 2.36. The summed E-state index contributed by atoms with van der Waals surface area (Å²) in [5, 5.41) is 4.06. The van der Waals surface area contributed by atoms with Crippen molar-refractivity contribution in [3.63, 3.8) is 0 Å². The molecule has 1 rings (SSSR count). The summed E-state index contributed by atoms with van der Waals surface area (Å²) < 4.78 is 17.9.